The number of hydrogen-bond acceptors (Lipinski definition) is 2. The Bertz CT molecular complexity index is 663. The molecule has 0 bridgehead atoms. The predicted molar refractivity (Wildman–Crippen MR) is 75.7 cm³/mol. The number of rotatable bonds is 5. The fraction of sp³-hybridized carbons (Fsp3) is 0.235. The molecule has 0 atom stereocenters. The number of carbonyl (C=O) groups is 1. The molecule has 2 aromatic rings. The average molecular weight is 286 g/mol. The first kappa shape index (κ1) is 13.6. The SMILES string of the molecule is O=C(O)C1(c2ccc(OCc3ccccc3)c(F)c2)CC1. The van der Waals surface area contributed by atoms with Crippen LogP contribution < -0.4 is 4.74 Å². The van der Waals surface area contributed by atoms with Crippen molar-refractivity contribution in [2.24, 2.45) is 0 Å². The van der Waals surface area contributed by atoms with E-state index in [4.69, 9.17) is 4.74 Å². The molecular formula is C17H15FO3. The molecule has 108 valence electrons. The molecule has 0 aliphatic heterocycles. The molecule has 0 radical (unpaired) electrons. The van der Waals surface area contributed by atoms with Crippen LogP contribution in [-0.4, -0.2) is 11.1 Å². The monoisotopic (exact) mass is 286 g/mol. The Morgan fingerprint density at radius 2 is 1.90 bits per heavy atom. The van der Waals surface area contributed by atoms with Crippen LogP contribution in [0.15, 0.2) is 48.5 Å². The smallest absolute Gasteiger partial charge is 0.314 e. The minimum Gasteiger partial charge on any atom is -0.486 e. The first-order chi connectivity index (χ1) is 10.1. The lowest BCUT2D eigenvalue weighted by Crippen LogP contribution is -2.19. The fourth-order valence-corrected chi connectivity index (χ4v) is 2.40. The molecule has 1 aliphatic rings. The number of aliphatic carboxylic acids is 1. The zero-order valence-corrected chi connectivity index (χ0v) is 11.4. The van der Waals surface area contributed by atoms with Gasteiger partial charge in [-0.2, -0.15) is 0 Å². The summed E-state index contributed by atoms with van der Waals surface area (Å²) in [7, 11) is 0. The van der Waals surface area contributed by atoms with Crippen LogP contribution in [0.3, 0.4) is 0 Å². The van der Waals surface area contributed by atoms with Gasteiger partial charge < -0.3 is 9.84 Å². The largest absolute Gasteiger partial charge is 0.486 e. The van der Waals surface area contributed by atoms with Crippen LogP contribution >= 0.6 is 0 Å². The number of carboxylic acids is 1. The van der Waals surface area contributed by atoms with Crippen LogP contribution in [0.5, 0.6) is 5.75 Å². The summed E-state index contributed by atoms with van der Waals surface area (Å²) in [5.74, 6) is -1.26. The Hall–Kier alpha value is -2.36. The molecule has 0 unspecified atom stereocenters. The molecule has 1 N–H and O–H groups in total. The van der Waals surface area contributed by atoms with Crippen LogP contribution in [-0.2, 0) is 16.8 Å². The highest BCUT2D eigenvalue weighted by Gasteiger charge is 2.51. The summed E-state index contributed by atoms with van der Waals surface area (Å²) in [6.07, 6.45) is 1.12. The summed E-state index contributed by atoms with van der Waals surface area (Å²) in [6.45, 7) is 0.279. The standard InChI is InChI=1S/C17H15FO3/c18-14-10-13(17(8-9-17)16(19)20)6-7-15(14)21-11-12-4-2-1-3-5-12/h1-7,10H,8-9,11H2,(H,19,20). The third kappa shape index (κ3) is 2.61. The third-order valence-electron chi connectivity index (χ3n) is 3.88. The highest BCUT2D eigenvalue weighted by molar-refractivity contribution is 5.84. The highest BCUT2D eigenvalue weighted by Crippen LogP contribution is 2.49. The van der Waals surface area contributed by atoms with Crippen molar-refractivity contribution in [1.29, 1.82) is 0 Å². The molecule has 0 aromatic heterocycles. The van der Waals surface area contributed by atoms with E-state index >= 15 is 0 Å². The maximum absolute atomic E-state index is 14.1. The Kier molecular flexibility index (Phi) is 3.37. The molecular weight excluding hydrogens is 271 g/mol. The normalized spacial score (nSPS) is 15.5. The van der Waals surface area contributed by atoms with Gasteiger partial charge >= 0.3 is 5.97 Å². The number of benzene rings is 2. The predicted octanol–water partition coefficient (Wildman–Crippen LogP) is 3.52. The van der Waals surface area contributed by atoms with E-state index in [0.717, 1.165) is 5.56 Å². The minimum absolute atomic E-state index is 0.142. The van der Waals surface area contributed by atoms with E-state index in [1.54, 1.807) is 6.07 Å². The Morgan fingerprint density at radius 3 is 2.48 bits per heavy atom. The van der Waals surface area contributed by atoms with Crippen molar-refractivity contribution in [3.05, 3.63) is 65.5 Å². The van der Waals surface area contributed by atoms with Crippen LogP contribution in [0.2, 0.25) is 0 Å². The van der Waals surface area contributed by atoms with E-state index in [1.807, 2.05) is 30.3 Å². The van der Waals surface area contributed by atoms with E-state index in [0.29, 0.717) is 18.4 Å². The number of hydrogen-bond donors (Lipinski definition) is 1. The minimum atomic E-state index is -0.890. The summed E-state index contributed by atoms with van der Waals surface area (Å²) in [5.41, 5.74) is 0.573. The molecule has 1 saturated carbocycles. The molecule has 3 nitrogen and oxygen atoms in total. The van der Waals surface area contributed by atoms with Gasteiger partial charge in [0.1, 0.15) is 6.61 Å². The Labute approximate surface area is 122 Å². The maximum atomic E-state index is 14.1. The lowest BCUT2D eigenvalue weighted by molar-refractivity contribution is -0.140. The van der Waals surface area contributed by atoms with Crippen molar-refractivity contribution in [3.63, 3.8) is 0 Å². The van der Waals surface area contributed by atoms with E-state index in [1.165, 1.54) is 12.1 Å². The molecule has 0 spiro atoms. The van der Waals surface area contributed by atoms with Gasteiger partial charge in [-0.1, -0.05) is 36.4 Å². The van der Waals surface area contributed by atoms with Crippen LogP contribution in [0.25, 0.3) is 0 Å². The second-order valence-electron chi connectivity index (χ2n) is 5.31. The first-order valence-corrected chi connectivity index (χ1v) is 6.82. The summed E-state index contributed by atoms with van der Waals surface area (Å²) < 4.78 is 19.5. The summed E-state index contributed by atoms with van der Waals surface area (Å²) in [4.78, 5) is 11.2. The van der Waals surface area contributed by atoms with Crippen molar-refractivity contribution < 1.29 is 19.0 Å². The molecule has 3 rings (SSSR count). The number of carboxylic acid groups (broad SMARTS) is 1. The van der Waals surface area contributed by atoms with Gasteiger partial charge in [-0.3, -0.25) is 4.79 Å². The van der Waals surface area contributed by atoms with Crippen LogP contribution in [0, 0.1) is 5.82 Å². The van der Waals surface area contributed by atoms with Gasteiger partial charge in [0.25, 0.3) is 0 Å². The molecule has 1 fully saturated rings. The topological polar surface area (TPSA) is 46.5 Å². The first-order valence-electron chi connectivity index (χ1n) is 6.82. The van der Waals surface area contributed by atoms with Gasteiger partial charge in [0, 0.05) is 0 Å². The van der Waals surface area contributed by atoms with Crippen molar-refractivity contribution in [1.82, 2.24) is 0 Å². The van der Waals surface area contributed by atoms with Gasteiger partial charge in [-0.25, -0.2) is 4.39 Å². The summed E-state index contributed by atoms with van der Waals surface area (Å²) >= 11 is 0. The second-order valence-corrected chi connectivity index (χ2v) is 5.31. The van der Waals surface area contributed by atoms with Gasteiger partial charge in [0.2, 0.25) is 0 Å². The molecule has 21 heavy (non-hydrogen) atoms. The quantitative estimate of drug-likeness (QED) is 0.914. The summed E-state index contributed by atoms with van der Waals surface area (Å²) in [6, 6.07) is 13.9. The highest BCUT2D eigenvalue weighted by atomic mass is 19.1. The van der Waals surface area contributed by atoms with E-state index in [-0.39, 0.29) is 12.4 Å². The van der Waals surface area contributed by atoms with Gasteiger partial charge in [0.15, 0.2) is 11.6 Å². The van der Waals surface area contributed by atoms with Crippen molar-refractivity contribution in [2.75, 3.05) is 0 Å². The zero-order valence-electron chi connectivity index (χ0n) is 11.4. The Balaban J connectivity index is 1.75. The molecule has 4 heteroatoms. The van der Waals surface area contributed by atoms with E-state index < -0.39 is 17.2 Å². The lowest BCUT2D eigenvalue weighted by atomic mass is 9.96. The van der Waals surface area contributed by atoms with E-state index in [2.05, 4.69) is 0 Å². The van der Waals surface area contributed by atoms with E-state index in [9.17, 15) is 14.3 Å². The molecule has 0 amide bonds. The maximum Gasteiger partial charge on any atom is 0.314 e. The van der Waals surface area contributed by atoms with Crippen LogP contribution in [0.1, 0.15) is 24.0 Å². The molecule has 1 aliphatic carbocycles. The summed E-state index contributed by atoms with van der Waals surface area (Å²) in [5, 5.41) is 9.22. The molecule has 0 saturated heterocycles. The molecule has 0 heterocycles. The van der Waals surface area contributed by atoms with Gasteiger partial charge in [0.05, 0.1) is 5.41 Å². The molecule has 2 aromatic carbocycles. The fourth-order valence-electron chi connectivity index (χ4n) is 2.40. The van der Waals surface area contributed by atoms with Gasteiger partial charge in [-0.05, 0) is 36.1 Å². The average Bonchev–Trinajstić information content (AvgIpc) is 3.29. The van der Waals surface area contributed by atoms with Gasteiger partial charge in [-0.15, -0.1) is 0 Å². The second kappa shape index (κ2) is 5.20. The Morgan fingerprint density at radius 1 is 1.19 bits per heavy atom. The number of ether oxygens (including phenoxy) is 1. The zero-order chi connectivity index (χ0) is 14.9. The van der Waals surface area contributed by atoms with Crippen molar-refractivity contribution in [3.8, 4) is 5.75 Å². The lowest BCUT2D eigenvalue weighted by Gasteiger charge is -2.12. The van der Waals surface area contributed by atoms with Crippen LogP contribution in [0.4, 0.5) is 4.39 Å². The van der Waals surface area contributed by atoms with Crippen molar-refractivity contribution >= 4 is 5.97 Å². The number of halogens is 1. The van der Waals surface area contributed by atoms with Crippen molar-refractivity contribution in [2.45, 2.75) is 24.9 Å². The third-order valence-corrected chi connectivity index (χ3v) is 3.88.